The first-order chi connectivity index (χ1) is 13.6. The Hall–Kier alpha value is -1.80. The minimum absolute atomic E-state index is 0.0371. The van der Waals surface area contributed by atoms with Crippen LogP contribution in [0, 0.1) is 0 Å². The number of carbonyl (C=O) groups excluding carboxylic acids is 2. The highest BCUT2D eigenvalue weighted by atomic mass is 16.5. The molecule has 28 heavy (non-hydrogen) atoms. The van der Waals surface area contributed by atoms with Gasteiger partial charge in [-0.15, -0.1) is 0 Å². The lowest BCUT2D eigenvalue weighted by atomic mass is 9.99. The van der Waals surface area contributed by atoms with Crippen LogP contribution in [-0.2, 0) is 4.79 Å². The molecular weight excluding hydrogens is 360 g/mol. The fraction of sp³-hybridized carbons (Fsp3) is 0.800. The molecule has 154 valence electrons. The number of hydrogen-bond acceptors (Lipinski definition) is 7. The molecule has 0 bridgehead atoms. The zero-order valence-corrected chi connectivity index (χ0v) is 16.4. The zero-order valence-electron chi connectivity index (χ0n) is 16.4. The normalized spacial score (nSPS) is 24.9. The van der Waals surface area contributed by atoms with Crippen molar-refractivity contribution in [2.45, 2.75) is 81.7 Å². The molecule has 1 saturated heterocycles. The molecular formula is C20H30N4O4. The van der Waals surface area contributed by atoms with Crippen LogP contribution in [0.2, 0.25) is 0 Å². The van der Waals surface area contributed by atoms with Crippen LogP contribution in [0.4, 0.5) is 0 Å². The van der Waals surface area contributed by atoms with Crippen molar-refractivity contribution < 1.29 is 19.2 Å². The Morgan fingerprint density at radius 2 is 1.89 bits per heavy atom. The summed E-state index contributed by atoms with van der Waals surface area (Å²) in [7, 11) is 0. The van der Waals surface area contributed by atoms with E-state index in [2.05, 4.69) is 15.5 Å². The predicted octanol–water partition coefficient (Wildman–Crippen LogP) is 1.80. The van der Waals surface area contributed by atoms with E-state index in [0.29, 0.717) is 18.9 Å². The lowest BCUT2D eigenvalue weighted by Gasteiger charge is -2.30. The SMILES string of the molecule is O=C(c1noc(C2CCCC2)n1)C1CCCN1C(=O)CNC1(CO)CCCC1. The number of rotatable bonds is 7. The quantitative estimate of drug-likeness (QED) is 0.683. The van der Waals surface area contributed by atoms with Crippen molar-refractivity contribution in [3.05, 3.63) is 11.7 Å². The third-order valence-electron chi connectivity index (χ3n) is 6.72. The number of hydrogen-bond donors (Lipinski definition) is 2. The molecule has 1 unspecified atom stereocenters. The molecule has 2 saturated carbocycles. The average Bonchev–Trinajstić information content (AvgIpc) is 3.50. The number of aliphatic hydroxyl groups is 1. The van der Waals surface area contributed by atoms with Gasteiger partial charge in [-0.2, -0.15) is 4.98 Å². The largest absolute Gasteiger partial charge is 0.394 e. The molecule has 8 nitrogen and oxygen atoms in total. The van der Waals surface area contributed by atoms with Crippen molar-refractivity contribution in [2.75, 3.05) is 19.7 Å². The molecule has 3 fully saturated rings. The van der Waals surface area contributed by atoms with E-state index in [-0.39, 0.29) is 42.1 Å². The standard InChI is InChI=1S/C20H30N4O4/c25-13-20(9-3-4-10-20)21-12-16(26)24-11-5-8-15(24)17(27)18-22-19(28-23-18)14-6-1-2-7-14/h14-15,21,25H,1-13H2. The van der Waals surface area contributed by atoms with Crippen LogP contribution in [0.25, 0.3) is 0 Å². The van der Waals surface area contributed by atoms with Crippen molar-refractivity contribution in [1.29, 1.82) is 0 Å². The summed E-state index contributed by atoms with van der Waals surface area (Å²) >= 11 is 0. The van der Waals surface area contributed by atoms with Gasteiger partial charge in [0, 0.05) is 18.0 Å². The second kappa shape index (κ2) is 8.29. The molecule has 3 aliphatic rings. The summed E-state index contributed by atoms with van der Waals surface area (Å²) in [4.78, 5) is 31.7. The van der Waals surface area contributed by atoms with Gasteiger partial charge in [-0.25, -0.2) is 0 Å². The maximum absolute atomic E-state index is 12.9. The summed E-state index contributed by atoms with van der Waals surface area (Å²) in [6.45, 7) is 0.746. The maximum Gasteiger partial charge on any atom is 0.240 e. The third-order valence-corrected chi connectivity index (χ3v) is 6.72. The summed E-state index contributed by atoms with van der Waals surface area (Å²) in [6.07, 6.45) is 9.68. The third kappa shape index (κ3) is 3.85. The second-order valence-corrected chi connectivity index (χ2v) is 8.55. The van der Waals surface area contributed by atoms with E-state index < -0.39 is 6.04 Å². The summed E-state index contributed by atoms with van der Waals surface area (Å²) < 4.78 is 5.34. The molecule has 1 amide bonds. The second-order valence-electron chi connectivity index (χ2n) is 8.55. The van der Waals surface area contributed by atoms with E-state index in [0.717, 1.165) is 57.8 Å². The molecule has 8 heteroatoms. The monoisotopic (exact) mass is 390 g/mol. The summed E-state index contributed by atoms with van der Waals surface area (Å²) in [6, 6.07) is -0.517. The summed E-state index contributed by atoms with van der Waals surface area (Å²) in [5.41, 5.74) is -0.348. The van der Waals surface area contributed by atoms with E-state index in [1.807, 2.05) is 0 Å². The van der Waals surface area contributed by atoms with E-state index in [4.69, 9.17) is 4.52 Å². The van der Waals surface area contributed by atoms with Gasteiger partial charge in [0.05, 0.1) is 19.2 Å². The Bertz CT molecular complexity index is 707. The number of aliphatic hydroxyl groups excluding tert-OH is 1. The van der Waals surface area contributed by atoms with Crippen LogP contribution in [0.5, 0.6) is 0 Å². The zero-order chi connectivity index (χ0) is 19.6. The molecule has 1 aromatic heterocycles. The molecule has 2 aliphatic carbocycles. The molecule has 1 atom stereocenters. The van der Waals surface area contributed by atoms with E-state index >= 15 is 0 Å². The first-order valence-corrected chi connectivity index (χ1v) is 10.6. The predicted molar refractivity (Wildman–Crippen MR) is 101 cm³/mol. The molecule has 1 aliphatic heterocycles. The minimum Gasteiger partial charge on any atom is -0.394 e. The number of carbonyl (C=O) groups is 2. The number of likely N-dealkylation sites (tertiary alicyclic amines) is 1. The van der Waals surface area contributed by atoms with Crippen LogP contribution in [0.15, 0.2) is 4.52 Å². The van der Waals surface area contributed by atoms with Gasteiger partial charge in [0.2, 0.25) is 23.4 Å². The maximum atomic E-state index is 12.9. The fourth-order valence-corrected chi connectivity index (χ4v) is 4.97. The van der Waals surface area contributed by atoms with Crippen molar-refractivity contribution in [3.8, 4) is 0 Å². The molecule has 0 aromatic carbocycles. The average molecular weight is 390 g/mol. The van der Waals surface area contributed by atoms with Gasteiger partial charge in [-0.1, -0.05) is 30.8 Å². The van der Waals surface area contributed by atoms with Gasteiger partial charge in [-0.3, -0.25) is 9.59 Å². The molecule has 0 radical (unpaired) electrons. The number of aromatic nitrogens is 2. The van der Waals surface area contributed by atoms with Crippen LogP contribution < -0.4 is 5.32 Å². The van der Waals surface area contributed by atoms with Crippen LogP contribution in [0.3, 0.4) is 0 Å². The Balaban J connectivity index is 1.38. The summed E-state index contributed by atoms with van der Waals surface area (Å²) in [5.74, 6) is 0.596. The van der Waals surface area contributed by atoms with Gasteiger partial charge < -0.3 is 19.8 Å². The van der Waals surface area contributed by atoms with Crippen LogP contribution >= 0.6 is 0 Å². The highest BCUT2D eigenvalue weighted by Gasteiger charge is 2.39. The first-order valence-electron chi connectivity index (χ1n) is 10.6. The number of ketones is 1. The van der Waals surface area contributed by atoms with Crippen molar-refractivity contribution in [2.24, 2.45) is 0 Å². The van der Waals surface area contributed by atoms with E-state index in [9.17, 15) is 14.7 Å². The number of nitrogens with zero attached hydrogens (tertiary/aromatic N) is 3. The Morgan fingerprint density at radius 3 is 2.61 bits per heavy atom. The minimum atomic E-state index is -0.517. The number of nitrogens with one attached hydrogen (secondary N) is 1. The molecule has 4 rings (SSSR count). The number of Topliss-reactive ketones (excluding diaryl/α,β-unsaturated/α-hetero) is 1. The highest BCUT2D eigenvalue weighted by Crippen LogP contribution is 2.33. The van der Waals surface area contributed by atoms with Gasteiger partial charge >= 0.3 is 0 Å². The van der Waals surface area contributed by atoms with E-state index in [1.54, 1.807) is 4.90 Å². The molecule has 0 spiro atoms. The molecule has 2 heterocycles. The Kier molecular flexibility index (Phi) is 5.78. The topological polar surface area (TPSA) is 109 Å². The smallest absolute Gasteiger partial charge is 0.240 e. The first kappa shape index (κ1) is 19.5. The van der Waals surface area contributed by atoms with Crippen LogP contribution in [-0.4, -0.2) is 63.1 Å². The Labute approximate surface area is 165 Å². The lowest BCUT2D eigenvalue weighted by Crippen LogP contribution is -2.52. The van der Waals surface area contributed by atoms with Crippen molar-refractivity contribution in [1.82, 2.24) is 20.4 Å². The fourth-order valence-electron chi connectivity index (χ4n) is 4.97. The van der Waals surface area contributed by atoms with Gasteiger partial charge in [0.1, 0.15) is 0 Å². The number of amides is 1. The lowest BCUT2D eigenvalue weighted by molar-refractivity contribution is -0.130. The van der Waals surface area contributed by atoms with Crippen molar-refractivity contribution >= 4 is 11.7 Å². The van der Waals surface area contributed by atoms with Gasteiger partial charge in [0.25, 0.3) is 0 Å². The summed E-state index contributed by atoms with van der Waals surface area (Å²) in [5, 5.41) is 16.9. The molecule has 1 aromatic rings. The van der Waals surface area contributed by atoms with Crippen molar-refractivity contribution in [3.63, 3.8) is 0 Å². The van der Waals surface area contributed by atoms with Crippen LogP contribution in [0.1, 0.15) is 86.6 Å². The van der Waals surface area contributed by atoms with E-state index in [1.165, 1.54) is 0 Å². The van der Waals surface area contributed by atoms with Gasteiger partial charge in [-0.05, 0) is 38.5 Å². The molecule has 2 N–H and O–H groups in total. The Morgan fingerprint density at radius 1 is 1.14 bits per heavy atom. The van der Waals surface area contributed by atoms with Gasteiger partial charge in [0.15, 0.2) is 0 Å². The highest BCUT2D eigenvalue weighted by molar-refractivity contribution is 5.99.